The van der Waals surface area contributed by atoms with Gasteiger partial charge in [-0.1, -0.05) is 60.7 Å². The zero-order chi connectivity index (χ0) is 29.4. The lowest BCUT2D eigenvalue weighted by Gasteiger charge is -2.32. The Bertz CT molecular complexity index is 1630. The molecule has 1 fully saturated rings. The molecule has 0 bridgehead atoms. The molecule has 8 heteroatoms. The van der Waals surface area contributed by atoms with E-state index in [1.54, 1.807) is 14.2 Å². The summed E-state index contributed by atoms with van der Waals surface area (Å²) in [6, 6.07) is 24.8. The fraction of sp³-hybridized carbons (Fsp3) is 0.286. The predicted molar refractivity (Wildman–Crippen MR) is 167 cm³/mol. The fourth-order valence-electron chi connectivity index (χ4n) is 5.68. The molecule has 1 aliphatic rings. The Kier molecular flexibility index (Phi) is 9.06. The normalized spacial score (nSPS) is 16.6. The van der Waals surface area contributed by atoms with Crippen LogP contribution in [-0.4, -0.2) is 55.0 Å². The molecule has 2 aromatic heterocycles. The molecule has 2 atom stereocenters. The molecular formula is C35H36N4O4. The van der Waals surface area contributed by atoms with Crippen LogP contribution in [0.5, 0.6) is 17.5 Å². The highest BCUT2D eigenvalue weighted by molar-refractivity contribution is 5.94. The molecule has 5 aromatic rings. The summed E-state index contributed by atoms with van der Waals surface area (Å²) in [7, 11) is 3.38. The summed E-state index contributed by atoms with van der Waals surface area (Å²) in [4.78, 5) is 13.6. The first-order valence-corrected chi connectivity index (χ1v) is 14.6. The SMILES string of the molecule is COc1cc(COC2CNCCC2c2cnc(OCCc3ccc(-c4ccccc4)cn3)nc2)c(OC)c2ccccc12. The average Bonchev–Trinajstić information content (AvgIpc) is 3.08. The minimum Gasteiger partial charge on any atom is -0.496 e. The number of aromatic nitrogens is 3. The van der Waals surface area contributed by atoms with Crippen LogP contribution in [0, 0.1) is 0 Å². The molecular weight excluding hydrogens is 540 g/mol. The number of pyridine rings is 1. The lowest BCUT2D eigenvalue weighted by molar-refractivity contribution is 0.00965. The first-order valence-electron chi connectivity index (χ1n) is 14.6. The van der Waals surface area contributed by atoms with Crippen molar-refractivity contribution in [3.05, 3.63) is 108 Å². The maximum Gasteiger partial charge on any atom is 0.316 e. The van der Waals surface area contributed by atoms with Gasteiger partial charge in [0.15, 0.2) is 0 Å². The van der Waals surface area contributed by atoms with E-state index in [-0.39, 0.29) is 12.0 Å². The molecule has 0 spiro atoms. The number of nitrogens with one attached hydrogen (secondary N) is 1. The van der Waals surface area contributed by atoms with Gasteiger partial charge < -0.3 is 24.3 Å². The van der Waals surface area contributed by atoms with Crippen LogP contribution in [-0.2, 0) is 17.8 Å². The zero-order valence-electron chi connectivity index (χ0n) is 24.5. The van der Waals surface area contributed by atoms with E-state index in [9.17, 15) is 0 Å². The Balaban J connectivity index is 1.07. The van der Waals surface area contributed by atoms with Crippen LogP contribution in [0.15, 0.2) is 91.4 Å². The van der Waals surface area contributed by atoms with Crippen LogP contribution in [0.4, 0.5) is 0 Å². The minimum atomic E-state index is -0.0452. The van der Waals surface area contributed by atoms with Gasteiger partial charge in [0.1, 0.15) is 11.5 Å². The van der Waals surface area contributed by atoms with Crippen molar-refractivity contribution in [2.45, 2.75) is 31.5 Å². The average molecular weight is 577 g/mol. The number of nitrogens with zero attached hydrogens (tertiary/aromatic N) is 3. The topological polar surface area (TPSA) is 87.6 Å². The van der Waals surface area contributed by atoms with E-state index in [0.717, 1.165) is 69.7 Å². The second-order valence-electron chi connectivity index (χ2n) is 10.6. The Morgan fingerprint density at radius 3 is 2.35 bits per heavy atom. The van der Waals surface area contributed by atoms with E-state index in [0.29, 0.717) is 25.6 Å². The number of benzene rings is 3. The van der Waals surface area contributed by atoms with Crippen LogP contribution in [0.2, 0.25) is 0 Å². The van der Waals surface area contributed by atoms with E-state index < -0.39 is 0 Å². The maximum atomic E-state index is 6.52. The lowest BCUT2D eigenvalue weighted by atomic mass is 9.89. The molecule has 1 aliphatic heterocycles. The van der Waals surface area contributed by atoms with Crippen molar-refractivity contribution in [1.82, 2.24) is 20.3 Å². The first-order chi connectivity index (χ1) is 21.2. The highest BCUT2D eigenvalue weighted by Crippen LogP contribution is 2.38. The summed E-state index contributed by atoms with van der Waals surface area (Å²) in [5.41, 5.74) is 5.21. The smallest absolute Gasteiger partial charge is 0.316 e. The highest BCUT2D eigenvalue weighted by Gasteiger charge is 2.28. The van der Waals surface area contributed by atoms with Crippen molar-refractivity contribution in [1.29, 1.82) is 0 Å². The van der Waals surface area contributed by atoms with Gasteiger partial charge in [0, 0.05) is 65.1 Å². The number of hydrogen-bond donors (Lipinski definition) is 1. The van der Waals surface area contributed by atoms with Crippen molar-refractivity contribution in [2.75, 3.05) is 33.9 Å². The summed E-state index contributed by atoms with van der Waals surface area (Å²) < 4.78 is 23.9. The summed E-state index contributed by atoms with van der Waals surface area (Å²) in [5.74, 6) is 1.78. The molecule has 43 heavy (non-hydrogen) atoms. The molecule has 0 amide bonds. The second kappa shape index (κ2) is 13.6. The van der Waals surface area contributed by atoms with Crippen molar-refractivity contribution in [3.63, 3.8) is 0 Å². The summed E-state index contributed by atoms with van der Waals surface area (Å²) in [6.45, 7) is 2.50. The van der Waals surface area contributed by atoms with Gasteiger partial charge in [-0.3, -0.25) is 4.98 Å². The summed E-state index contributed by atoms with van der Waals surface area (Å²) in [5, 5.41) is 5.49. The molecule has 0 aliphatic carbocycles. The van der Waals surface area contributed by atoms with Crippen LogP contribution in [0.3, 0.4) is 0 Å². The number of hydrogen-bond acceptors (Lipinski definition) is 8. The van der Waals surface area contributed by atoms with Gasteiger partial charge in [-0.05, 0) is 36.2 Å². The van der Waals surface area contributed by atoms with E-state index in [4.69, 9.17) is 18.9 Å². The lowest BCUT2D eigenvalue weighted by Crippen LogP contribution is -2.41. The zero-order valence-corrected chi connectivity index (χ0v) is 24.5. The fourth-order valence-corrected chi connectivity index (χ4v) is 5.68. The Morgan fingerprint density at radius 1 is 0.814 bits per heavy atom. The van der Waals surface area contributed by atoms with Crippen molar-refractivity contribution in [3.8, 4) is 28.6 Å². The molecule has 0 saturated carbocycles. The Morgan fingerprint density at radius 2 is 1.60 bits per heavy atom. The van der Waals surface area contributed by atoms with Crippen molar-refractivity contribution in [2.24, 2.45) is 0 Å². The number of ether oxygens (including phenoxy) is 4. The Labute approximate surface area is 252 Å². The molecule has 1 saturated heterocycles. The number of piperidine rings is 1. The molecule has 0 radical (unpaired) electrons. The third-order valence-corrected chi connectivity index (χ3v) is 7.93. The van der Waals surface area contributed by atoms with Crippen LogP contribution >= 0.6 is 0 Å². The molecule has 3 heterocycles. The molecule has 2 unspecified atom stereocenters. The van der Waals surface area contributed by atoms with Crippen molar-refractivity contribution < 1.29 is 18.9 Å². The number of methoxy groups -OCH3 is 2. The van der Waals surface area contributed by atoms with Gasteiger partial charge in [0.2, 0.25) is 0 Å². The molecule has 220 valence electrons. The van der Waals surface area contributed by atoms with Crippen LogP contribution in [0.1, 0.15) is 29.2 Å². The van der Waals surface area contributed by atoms with Crippen LogP contribution < -0.4 is 19.5 Å². The number of fused-ring (bicyclic) bond motifs is 1. The standard InChI is InChI=1S/C35H36N4O4/c1-40-32-18-26(34(41-2)31-11-7-6-10-30(31)32)23-43-33-22-36-16-14-29(33)27-20-38-35(39-21-27)42-17-15-28-13-12-25(19-37-28)24-8-4-3-5-9-24/h3-13,18-21,29,33,36H,14-17,22-23H2,1-2H3. The van der Waals surface area contributed by atoms with Gasteiger partial charge in [-0.15, -0.1) is 0 Å². The Hall–Kier alpha value is -4.53. The minimum absolute atomic E-state index is 0.0452. The van der Waals surface area contributed by atoms with E-state index in [2.05, 4.69) is 38.5 Å². The number of rotatable bonds is 11. The van der Waals surface area contributed by atoms with Crippen molar-refractivity contribution >= 4 is 10.8 Å². The predicted octanol–water partition coefficient (Wildman–Crippen LogP) is 5.99. The quantitative estimate of drug-likeness (QED) is 0.205. The second-order valence-corrected chi connectivity index (χ2v) is 10.6. The highest BCUT2D eigenvalue weighted by atomic mass is 16.5. The van der Waals surface area contributed by atoms with E-state index >= 15 is 0 Å². The molecule has 3 aromatic carbocycles. The third kappa shape index (κ3) is 6.61. The summed E-state index contributed by atoms with van der Waals surface area (Å²) in [6.07, 6.45) is 7.18. The summed E-state index contributed by atoms with van der Waals surface area (Å²) >= 11 is 0. The third-order valence-electron chi connectivity index (χ3n) is 7.93. The molecule has 6 rings (SSSR count). The van der Waals surface area contributed by atoms with E-state index in [1.807, 2.05) is 73.2 Å². The van der Waals surface area contributed by atoms with E-state index in [1.165, 1.54) is 0 Å². The van der Waals surface area contributed by atoms with Gasteiger partial charge in [0.05, 0.1) is 33.5 Å². The van der Waals surface area contributed by atoms with Gasteiger partial charge in [-0.25, -0.2) is 9.97 Å². The van der Waals surface area contributed by atoms with Gasteiger partial charge in [0.25, 0.3) is 0 Å². The van der Waals surface area contributed by atoms with Gasteiger partial charge in [-0.2, -0.15) is 0 Å². The maximum absolute atomic E-state index is 6.52. The molecule has 8 nitrogen and oxygen atoms in total. The largest absolute Gasteiger partial charge is 0.496 e. The van der Waals surface area contributed by atoms with Crippen LogP contribution in [0.25, 0.3) is 21.9 Å². The molecule has 1 N–H and O–H groups in total. The van der Waals surface area contributed by atoms with Gasteiger partial charge >= 0.3 is 6.01 Å². The first kappa shape index (κ1) is 28.6. The monoisotopic (exact) mass is 576 g/mol.